The first-order valence-electron chi connectivity index (χ1n) is 6.26. The van der Waals surface area contributed by atoms with Crippen LogP contribution < -0.4 is 0 Å². The number of carboxylic acids is 1. The summed E-state index contributed by atoms with van der Waals surface area (Å²) in [5.74, 6) is -1.72. The van der Waals surface area contributed by atoms with Gasteiger partial charge in [-0.05, 0) is 48.2 Å². The third kappa shape index (κ3) is 4.07. The lowest BCUT2D eigenvalue weighted by Crippen LogP contribution is -2.19. The molecule has 1 atom stereocenters. The van der Waals surface area contributed by atoms with Crippen LogP contribution in [-0.4, -0.2) is 11.1 Å². The zero-order valence-corrected chi connectivity index (χ0v) is 11.5. The number of rotatable bonds is 5. The fraction of sp³-hybridized carbons (Fsp3) is 0.188. The van der Waals surface area contributed by atoms with Gasteiger partial charge in [0, 0.05) is 5.02 Å². The Morgan fingerprint density at radius 3 is 1.90 bits per heavy atom. The van der Waals surface area contributed by atoms with Crippen LogP contribution >= 0.6 is 11.6 Å². The molecule has 0 aliphatic heterocycles. The summed E-state index contributed by atoms with van der Waals surface area (Å²) < 4.78 is 12.8. The van der Waals surface area contributed by atoms with Gasteiger partial charge in [-0.15, -0.1) is 0 Å². The smallest absolute Gasteiger partial charge is 0.307 e. The van der Waals surface area contributed by atoms with Crippen molar-refractivity contribution in [3.05, 3.63) is 70.5 Å². The normalized spacial score (nSPS) is 12.1. The highest BCUT2D eigenvalue weighted by molar-refractivity contribution is 6.30. The third-order valence-corrected chi connectivity index (χ3v) is 3.39. The molecule has 0 saturated carbocycles. The number of carbonyl (C=O) groups is 1. The van der Waals surface area contributed by atoms with Gasteiger partial charge in [-0.3, -0.25) is 4.79 Å². The summed E-state index contributed by atoms with van der Waals surface area (Å²) in [6.07, 6.45) is 0.794. The minimum Gasteiger partial charge on any atom is -0.481 e. The van der Waals surface area contributed by atoms with E-state index in [0.717, 1.165) is 11.1 Å². The summed E-state index contributed by atoms with van der Waals surface area (Å²) in [5, 5.41) is 9.93. The van der Waals surface area contributed by atoms with Crippen molar-refractivity contribution in [2.75, 3.05) is 0 Å². The molecule has 0 heterocycles. The molecule has 1 unspecified atom stereocenters. The van der Waals surface area contributed by atoms with E-state index in [1.54, 1.807) is 24.3 Å². The minimum atomic E-state index is -0.857. The molecule has 0 aliphatic rings. The van der Waals surface area contributed by atoms with E-state index in [0.29, 0.717) is 17.9 Å². The van der Waals surface area contributed by atoms with Gasteiger partial charge in [0.2, 0.25) is 0 Å². The average Bonchev–Trinajstić information content (AvgIpc) is 2.42. The van der Waals surface area contributed by atoms with E-state index in [1.807, 2.05) is 12.1 Å². The molecule has 2 aromatic rings. The topological polar surface area (TPSA) is 37.3 Å². The number of aliphatic carboxylic acids is 1. The number of carboxylic acid groups (broad SMARTS) is 1. The molecule has 1 N–H and O–H groups in total. The van der Waals surface area contributed by atoms with Crippen molar-refractivity contribution < 1.29 is 14.3 Å². The molecule has 0 amide bonds. The first-order chi connectivity index (χ1) is 9.54. The van der Waals surface area contributed by atoms with E-state index in [9.17, 15) is 14.3 Å². The maximum Gasteiger partial charge on any atom is 0.307 e. The Morgan fingerprint density at radius 2 is 1.45 bits per heavy atom. The van der Waals surface area contributed by atoms with Crippen LogP contribution in [0.15, 0.2) is 48.5 Å². The SMILES string of the molecule is O=C(O)C(Cc1ccc(F)cc1)Cc1ccc(Cl)cc1. The van der Waals surface area contributed by atoms with E-state index in [1.165, 1.54) is 12.1 Å². The van der Waals surface area contributed by atoms with Crippen molar-refractivity contribution in [1.29, 1.82) is 0 Å². The average molecular weight is 293 g/mol. The molecule has 20 heavy (non-hydrogen) atoms. The first kappa shape index (κ1) is 14.5. The van der Waals surface area contributed by atoms with Crippen LogP contribution in [0, 0.1) is 11.7 Å². The number of hydrogen-bond acceptors (Lipinski definition) is 1. The largest absolute Gasteiger partial charge is 0.481 e. The number of hydrogen-bond donors (Lipinski definition) is 1. The standard InChI is InChI=1S/C16H14ClFO2/c17-14-5-1-11(2-6-14)9-13(16(19)20)10-12-3-7-15(18)8-4-12/h1-8,13H,9-10H2,(H,19,20). The van der Waals surface area contributed by atoms with Gasteiger partial charge in [0.05, 0.1) is 5.92 Å². The molecular formula is C16H14ClFO2. The van der Waals surface area contributed by atoms with Crippen LogP contribution in [0.4, 0.5) is 4.39 Å². The second-order valence-electron chi connectivity index (χ2n) is 4.70. The lowest BCUT2D eigenvalue weighted by Gasteiger charge is -2.12. The van der Waals surface area contributed by atoms with Gasteiger partial charge < -0.3 is 5.11 Å². The maximum atomic E-state index is 12.8. The highest BCUT2D eigenvalue weighted by atomic mass is 35.5. The van der Waals surface area contributed by atoms with Crippen molar-refractivity contribution in [3.63, 3.8) is 0 Å². The number of benzene rings is 2. The van der Waals surface area contributed by atoms with Gasteiger partial charge in [0.15, 0.2) is 0 Å². The van der Waals surface area contributed by atoms with Gasteiger partial charge in [0.1, 0.15) is 5.82 Å². The second kappa shape index (κ2) is 6.53. The Labute approximate surface area is 121 Å². The van der Waals surface area contributed by atoms with Gasteiger partial charge in [0.25, 0.3) is 0 Å². The van der Waals surface area contributed by atoms with E-state index in [2.05, 4.69) is 0 Å². The maximum absolute atomic E-state index is 12.8. The summed E-state index contributed by atoms with van der Waals surface area (Å²) in [7, 11) is 0. The van der Waals surface area contributed by atoms with E-state index in [-0.39, 0.29) is 5.82 Å². The number of halogens is 2. The van der Waals surface area contributed by atoms with Crippen molar-refractivity contribution in [3.8, 4) is 0 Å². The third-order valence-electron chi connectivity index (χ3n) is 3.14. The van der Waals surface area contributed by atoms with Crippen LogP contribution in [0.5, 0.6) is 0 Å². The summed E-state index contributed by atoms with van der Waals surface area (Å²) in [4.78, 5) is 11.3. The lowest BCUT2D eigenvalue weighted by molar-refractivity contribution is -0.141. The Balaban J connectivity index is 2.09. The Kier molecular flexibility index (Phi) is 4.74. The summed E-state index contributed by atoms with van der Waals surface area (Å²) in [5.41, 5.74) is 1.73. The molecule has 0 radical (unpaired) electrons. The minimum absolute atomic E-state index is 0.321. The predicted molar refractivity (Wildman–Crippen MR) is 76.4 cm³/mol. The van der Waals surface area contributed by atoms with Gasteiger partial charge in [-0.2, -0.15) is 0 Å². The highest BCUT2D eigenvalue weighted by Crippen LogP contribution is 2.17. The van der Waals surface area contributed by atoms with Crippen molar-refractivity contribution >= 4 is 17.6 Å². The molecule has 0 aromatic heterocycles. The zero-order chi connectivity index (χ0) is 14.5. The van der Waals surface area contributed by atoms with Crippen LogP contribution in [0.3, 0.4) is 0 Å². The van der Waals surface area contributed by atoms with Gasteiger partial charge in [-0.1, -0.05) is 35.9 Å². The predicted octanol–water partition coefficient (Wildman–Crippen LogP) is 3.97. The molecule has 0 saturated heterocycles. The monoisotopic (exact) mass is 292 g/mol. The highest BCUT2D eigenvalue weighted by Gasteiger charge is 2.18. The summed E-state index contributed by atoms with van der Waals surface area (Å²) >= 11 is 5.80. The molecule has 0 bridgehead atoms. The fourth-order valence-corrected chi connectivity index (χ4v) is 2.18. The Morgan fingerprint density at radius 1 is 1.00 bits per heavy atom. The Bertz CT molecular complexity index is 531. The van der Waals surface area contributed by atoms with Gasteiger partial charge in [-0.25, -0.2) is 4.39 Å². The van der Waals surface area contributed by atoms with Crippen LogP contribution in [0.2, 0.25) is 5.02 Å². The summed E-state index contributed by atoms with van der Waals surface area (Å²) in [6, 6.07) is 13.1. The van der Waals surface area contributed by atoms with Crippen LogP contribution in [0.25, 0.3) is 0 Å². The quantitative estimate of drug-likeness (QED) is 0.905. The molecule has 2 rings (SSSR count). The molecule has 0 spiro atoms. The molecule has 4 heteroatoms. The van der Waals surface area contributed by atoms with E-state index >= 15 is 0 Å². The second-order valence-corrected chi connectivity index (χ2v) is 5.13. The van der Waals surface area contributed by atoms with Crippen molar-refractivity contribution in [1.82, 2.24) is 0 Å². The summed E-state index contributed by atoms with van der Waals surface area (Å²) in [6.45, 7) is 0. The molecule has 104 valence electrons. The van der Waals surface area contributed by atoms with Crippen LogP contribution in [-0.2, 0) is 17.6 Å². The molecule has 0 aliphatic carbocycles. The lowest BCUT2D eigenvalue weighted by atomic mass is 9.93. The van der Waals surface area contributed by atoms with E-state index in [4.69, 9.17) is 11.6 Å². The molecule has 2 aromatic carbocycles. The first-order valence-corrected chi connectivity index (χ1v) is 6.64. The van der Waals surface area contributed by atoms with E-state index < -0.39 is 11.9 Å². The fourth-order valence-electron chi connectivity index (χ4n) is 2.06. The van der Waals surface area contributed by atoms with Crippen molar-refractivity contribution in [2.24, 2.45) is 5.92 Å². The zero-order valence-electron chi connectivity index (χ0n) is 10.7. The van der Waals surface area contributed by atoms with Crippen LogP contribution in [0.1, 0.15) is 11.1 Å². The van der Waals surface area contributed by atoms with Crippen molar-refractivity contribution in [2.45, 2.75) is 12.8 Å². The molecule has 0 fully saturated rings. The van der Waals surface area contributed by atoms with Gasteiger partial charge >= 0.3 is 5.97 Å². The molecular weight excluding hydrogens is 279 g/mol. The molecule has 2 nitrogen and oxygen atoms in total. The Hall–Kier alpha value is -1.87.